The van der Waals surface area contributed by atoms with Gasteiger partial charge < -0.3 is 4.74 Å². The maximum atomic E-state index is 11.1. The number of ether oxygens (including phenoxy) is 1. The minimum absolute atomic E-state index is 0.0761. The van der Waals surface area contributed by atoms with Crippen molar-refractivity contribution in [2.45, 2.75) is 78.1 Å². The fourth-order valence-electron chi connectivity index (χ4n) is 1.64. The summed E-state index contributed by atoms with van der Waals surface area (Å²) >= 11 is 0. The zero-order valence-corrected chi connectivity index (χ0v) is 11.0. The molecule has 0 aromatic heterocycles. The molecular formula is C14H27O2. The molecule has 0 aromatic carbocycles. The van der Waals surface area contributed by atoms with Crippen molar-refractivity contribution in [2.75, 3.05) is 0 Å². The molecule has 0 amide bonds. The van der Waals surface area contributed by atoms with Gasteiger partial charge in [0.15, 0.2) is 0 Å². The summed E-state index contributed by atoms with van der Waals surface area (Å²) in [6, 6.07) is 0. The van der Waals surface area contributed by atoms with Crippen molar-refractivity contribution in [3.05, 3.63) is 6.61 Å². The third-order valence-electron chi connectivity index (χ3n) is 2.62. The molecule has 0 aliphatic carbocycles. The van der Waals surface area contributed by atoms with E-state index in [0.717, 1.165) is 19.3 Å². The van der Waals surface area contributed by atoms with Crippen LogP contribution in [0.2, 0.25) is 0 Å². The average Bonchev–Trinajstić information content (AvgIpc) is 2.30. The summed E-state index contributed by atoms with van der Waals surface area (Å²) in [5.74, 6) is -0.0761. The molecule has 0 fully saturated rings. The first-order valence-corrected chi connectivity index (χ1v) is 6.82. The Morgan fingerprint density at radius 2 is 1.50 bits per heavy atom. The Hall–Kier alpha value is -0.530. The predicted molar refractivity (Wildman–Crippen MR) is 67.9 cm³/mol. The van der Waals surface area contributed by atoms with Gasteiger partial charge in [0, 0.05) is 6.42 Å². The van der Waals surface area contributed by atoms with Gasteiger partial charge in [-0.2, -0.15) is 0 Å². The van der Waals surface area contributed by atoms with Gasteiger partial charge in [0.05, 0.1) is 0 Å². The summed E-state index contributed by atoms with van der Waals surface area (Å²) < 4.78 is 4.89. The quantitative estimate of drug-likeness (QED) is 0.380. The molecule has 0 N–H and O–H groups in total. The van der Waals surface area contributed by atoms with E-state index in [-0.39, 0.29) is 5.97 Å². The molecule has 0 atom stereocenters. The van der Waals surface area contributed by atoms with E-state index in [9.17, 15) is 4.79 Å². The van der Waals surface area contributed by atoms with E-state index >= 15 is 0 Å². The van der Waals surface area contributed by atoms with Crippen LogP contribution in [0.1, 0.15) is 78.1 Å². The molecule has 0 aliphatic heterocycles. The molecule has 2 heteroatoms. The Labute approximate surface area is 101 Å². The number of esters is 1. The molecule has 0 aliphatic rings. The Balaban J connectivity index is 3.05. The second-order valence-electron chi connectivity index (χ2n) is 4.29. The van der Waals surface area contributed by atoms with Gasteiger partial charge in [-0.3, -0.25) is 4.79 Å². The lowest BCUT2D eigenvalue weighted by molar-refractivity contribution is -0.140. The smallest absolute Gasteiger partial charge is 0.306 e. The molecule has 0 rings (SSSR count). The van der Waals surface area contributed by atoms with Crippen molar-refractivity contribution in [3.8, 4) is 0 Å². The summed E-state index contributed by atoms with van der Waals surface area (Å²) in [5.41, 5.74) is 0. The Morgan fingerprint density at radius 3 is 2.06 bits per heavy atom. The normalized spacial score (nSPS) is 10.4. The molecule has 0 saturated carbocycles. The highest BCUT2D eigenvalue weighted by Crippen LogP contribution is 2.10. The zero-order valence-electron chi connectivity index (χ0n) is 11.0. The summed E-state index contributed by atoms with van der Waals surface area (Å²) in [4.78, 5) is 11.1. The van der Waals surface area contributed by atoms with Crippen molar-refractivity contribution in [2.24, 2.45) is 0 Å². The highest BCUT2D eigenvalue weighted by atomic mass is 16.5. The van der Waals surface area contributed by atoms with Crippen LogP contribution >= 0.6 is 0 Å². The fourth-order valence-corrected chi connectivity index (χ4v) is 1.64. The first-order chi connectivity index (χ1) is 7.81. The monoisotopic (exact) mass is 227 g/mol. The van der Waals surface area contributed by atoms with E-state index in [1.54, 1.807) is 6.61 Å². The number of carbonyl (C=O) groups is 1. The molecular weight excluding hydrogens is 200 g/mol. The molecule has 0 aromatic rings. The highest BCUT2D eigenvalue weighted by Gasteiger charge is 2.01. The van der Waals surface area contributed by atoms with Crippen molar-refractivity contribution in [3.63, 3.8) is 0 Å². The van der Waals surface area contributed by atoms with Crippen molar-refractivity contribution < 1.29 is 9.53 Å². The lowest BCUT2D eigenvalue weighted by atomic mass is 10.1. The predicted octanol–water partition coefficient (Wildman–Crippen LogP) is 4.63. The lowest BCUT2D eigenvalue weighted by Crippen LogP contribution is -2.01. The van der Waals surface area contributed by atoms with E-state index in [4.69, 9.17) is 4.74 Å². The third-order valence-corrected chi connectivity index (χ3v) is 2.62. The number of unbranched alkanes of at least 4 members (excludes halogenated alkanes) is 7. The maximum absolute atomic E-state index is 11.1. The van der Waals surface area contributed by atoms with Crippen LogP contribution in [0.3, 0.4) is 0 Å². The van der Waals surface area contributed by atoms with Gasteiger partial charge in [-0.15, -0.1) is 0 Å². The van der Waals surface area contributed by atoms with Crippen molar-refractivity contribution in [1.29, 1.82) is 0 Å². The van der Waals surface area contributed by atoms with Crippen molar-refractivity contribution >= 4 is 5.97 Å². The van der Waals surface area contributed by atoms with Crippen LogP contribution in [-0.2, 0) is 9.53 Å². The van der Waals surface area contributed by atoms with Crippen LogP contribution in [0.5, 0.6) is 0 Å². The topological polar surface area (TPSA) is 26.3 Å². The number of carbonyl (C=O) groups excluding carboxylic acids is 1. The summed E-state index contributed by atoms with van der Waals surface area (Å²) in [6.07, 6.45) is 11.5. The summed E-state index contributed by atoms with van der Waals surface area (Å²) in [7, 11) is 0. The maximum Gasteiger partial charge on any atom is 0.306 e. The van der Waals surface area contributed by atoms with Crippen LogP contribution in [0, 0.1) is 6.61 Å². The van der Waals surface area contributed by atoms with Gasteiger partial charge in [-0.05, 0) is 12.8 Å². The van der Waals surface area contributed by atoms with Crippen LogP contribution in [0.25, 0.3) is 0 Å². The number of rotatable bonds is 11. The third kappa shape index (κ3) is 11.5. The number of hydrogen-bond acceptors (Lipinski definition) is 2. The molecule has 0 unspecified atom stereocenters. The molecule has 0 spiro atoms. The molecule has 0 heterocycles. The number of hydrogen-bond donors (Lipinski definition) is 0. The van der Waals surface area contributed by atoms with Gasteiger partial charge in [0.2, 0.25) is 0 Å². The fraction of sp³-hybridized carbons (Fsp3) is 0.857. The van der Waals surface area contributed by atoms with Crippen LogP contribution < -0.4 is 0 Å². The SMILES string of the molecule is CC[CH]OC(=O)CCCCCCCCCC. The Morgan fingerprint density at radius 1 is 0.938 bits per heavy atom. The van der Waals surface area contributed by atoms with Gasteiger partial charge >= 0.3 is 5.97 Å². The second-order valence-corrected chi connectivity index (χ2v) is 4.29. The molecule has 1 radical (unpaired) electrons. The summed E-state index contributed by atoms with van der Waals surface area (Å²) in [5, 5.41) is 0. The van der Waals surface area contributed by atoms with Crippen LogP contribution in [0.15, 0.2) is 0 Å². The molecule has 0 bridgehead atoms. The van der Waals surface area contributed by atoms with Gasteiger partial charge in [0.25, 0.3) is 0 Å². The summed E-state index contributed by atoms with van der Waals surface area (Å²) in [6.45, 7) is 5.77. The minimum Gasteiger partial charge on any atom is -0.458 e. The largest absolute Gasteiger partial charge is 0.458 e. The first kappa shape index (κ1) is 15.5. The average molecular weight is 227 g/mol. The zero-order chi connectivity index (χ0) is 12.1. The molecule has 2 nitrogen and oxygen atoms in total. The van der Waals surface area contributed by atoms with E-state index in [0.29, 0.717) is 6.42 Å². The second kappa shape index (κ2) is 12.5. The van der Waals surface area contributed by atoms with Gasteiger partial charge in [-0.1, -0.05) is 58.8 Å². The highest BCUT2D eigenvalue weighted by molar-refractivity contribution is 5.69. The van der Waals surface area contributed by atoms with E-state index in [2.05, 4.69) is 6.92 Å². The van der Waals surface area contributed by atoms with E-state index < -0.39 is 0 Å². The lowest BCUT2D eigenvalue weighted by Gasteiger charge is -2.02. The van der Waals surface area contributed by atoms with Gasteiger partial charge in [-0.25, -0.2) is 0 Å². The van der Waals surface area contributed by atoms with Crippen LogP contribution in [-0.4, -0.2) is 5.97 Å². The van der Waals surface area contributed by atoms with E-state index in [1.165, 1.54) is 38.5 Å². The first-order valence-electron chi connectivity index (χ1n) is 6.82. The molecule has 95 valence electrons. The Bertz CT molecular complexity index is 155. The molecule has 0 saturated heterocycles. The molecule has 16 heavy (non-hydrogen) atoms. The van der Waals surface area contributed by atoms with Gasteiger partial charge in [0.1, 0.15) is 6.61 Å². The van der Waals surface area contributed by atoms with Crippen molar-refractivity contribution in [1.82, 2.24) is 0 Å². The minimum atomic E-state index is -0.0761. The Kier molecular flexibility index (Phi) is 12.1. The standard InChI is InChI=1S/C14H27O2/c1-3-5-6-7-8-9-10-11-12-14(15)16-13-4-2/h13H,3-12H2,1-2H3. The van der Waals surface area contributed by atoms with Crippen LogP contribution in [0.4, 0.5) is 0 Å². The van der Waals surface area contributed by atoms with E-state index in [1.807, 2.05) is 6.92 Å².